The molecule has 4 heteroatoms. The molecule has 0 unspecified atom stereocenters. The molecule has 0 fully saturated rings. The van der Waals surface area contributed by atoms with Gasteiger partial charge in [0.05, 0.1) is 24.2 Å². The molecule has 0 aliphatic heterocycles. The van der Waals surface area contributed by atoms with Crippen LogP contribution in [0.5, 0.6) is 0 Å². The summed E-state index contributed by atoms with van der Waals surface area (Å²) in [5, 5.41) is 19.6. The van der Waals surface area contributed by atoms with Gasteiger partial charge in [0.1, 0.15) is 0 Å². The average molecular weight is 152 g/mol. The van der Waals surface area contributed by atoms with Crippen molar-refractivity contribution in [2.24, 2.45) is 5.16 Å². The first-order valence-corrected chi connectivity index (χ1v) is 3.11. The minimum Gasteiger partial charge on any atom is -0.411 e. The number of aromatic nitrogens is 1. The lowest BCUT2D eigenvalue weighted by Gasteiger charge is -1.94. The van der Waals surface area contributed by atoms with Crippen molar-refractivity contribution < 1.29 is 10.3 Å². The number of nitrogens with zero attached hydrogens (tertiary/aromatic N) is 2. The molecule has 1 rings (SSSR count). The van der Waals surface area contributed by atoms with Gasteiger partial charge in [-0.1, -0.05) is 11.2 Å². The van der Waals surface area contributed by atoms with E-state index in [1.54, 1.807) is 18.2 Å². The maximum atomic E-state index is 8.66. The zero-order valence-corrected chi connectivity index (χ0v) is 5.81. The maximum Gasteiger partial charge on any atom is 0.0918 e. The van der Waals surface area contributed by atoms with Gasteiger partial charge < -0.3 is 10.3 Å². The monoisotopic (exact) mass is 152 g/mol. The van der Waals surface area contributed by atoms with Crippen molar-refractivity contribution in [3.8, 4) is 0 Å². The molecule has 0 saturated carbocycles. The number of aliphatic hydroxyl groups is 1. The standard InChI is InChI=1S/C7H8N2O2/c10-5-7-3-1-2-6(9-7)4-8-11/h1-4,10-11H,5H2/b8-4+. The Morgan fingerprint density at radius 2 is 2.36 bits per heavy atom. The SMILES string of the molecule is OCc1cccc(/C=N/O)n1. The zero-order chi connectivity index (χ0) is 8.10. The number of pyridine rings is 1. The third-order valence-corrected chi connectivity index (χ3v) is 1.18. The topological polar surface area (TPSA) is 65.7 Å². The molecule has 0 amide bonds. The van der Waals surface area contributed by atoms with Crippen LogP contribution in [0, 0.1) is 0 Å². The first-order valence-electron chi connectivity index (χ1n) is 3.11. The first-order chi connectivity index (χ1) is 5.36. The number of aliphatic hydroxyl groups excluding tert-OH is 1. The highest BCUT2D eigenvalue weighted by molar-refractivity contribution is 5.76. The third-order valence-electron chi connectivity index (χ3n) is 1.18. The molecule has 0 saturated heterocycles. The number of oxime groups is 1. The van der Waals surface area contributed by atoms with Crippen LogP contribution in [0.1, 0.15) is 11.4 Å². The van der Waals surface area contributed by atoms with Crippen LogP contribution in [0.15, 0.2) is 23.4 Å². The Morgan fingerprint density at radius 1 is 1.55 bits per heavy atom. The quantitative estimate of drug-likeness (QED) is 0.366. The van der Waals surface area contributed by atoms with Crippen molar-refractivity contribution in [2.75, 3.05) is 0 Å². The third kappa shape index (κ3) is 2.01. The summed E-state index contributed by atoms with van der Waals surface area (Å²) >= 11 is 0. The number of rotatable bonds is 2. The van der Waals surface area contributed by atoms with Gasteiger partial charge in [-0.2, -0.15) is 0 Å². The van der Waals surface area contributed by atoms with Gasteiger partial charge in [0, 0.05) is 0 Å². The van der Waals surface area contributed by atoms with Crippen LogP contribution >= 0.6 is 0 Å². The van der Waals surface area contributed by atoms with Crippen LogP contribution in [0.25, 0.3) is 0 Å². The summed E-state index contributed by atoms with van der Waals surface area (Å²) in [6, 6.07) is 5.10. The van der Waals surface area contributed by atoms with Gasteiger partial charge in [0.25, 0.3) is 0 Å². The van der Waals surface area contributed by atoms with Gasteiger partial charge in [0.15, 0.2) is 0 Å². The van der Waals surface area contributed by atoms with E-state index in [0.717, 1.165) is 0 Å². The van der Waals surface area contributed by atoms with Crippen molar-refractivity contribution in [1.29, 1.82) is 0 Å². The lowest BCUT2D eigenvalue weighted by atomic mass is 10.3. The predicted octanol–water partition coefficient (Wildman–Crippen LogP) is 0.382. The van der Waals surface area contributed by atoms with Crippen LogP contribution in [0.3, 0.4) is 0 Å². The Hall–Kier alpha value is -1.42. The molecule has 0 aliphatic carbocycles. The maximum absolute atomic E-state index is 8.66. The Labute approximate surface area is 63.8 Å². The molecular weight excluding hydrogens is 144 g/mol. The fourth-order valence-electron chi connectivity index (χ4n) is 0.717. The molecule has 2 N–H and O–H groups in total. The van der Waals surface area contributed by atoms with Crippen molar-refractivity contribution in [3.63, 3.8) is 0 Å². The summed E-state index contributed by atoms with van der Waals surface area (Å²) < 4.78 is 0. The number of hydrogen-bond donors (Lipinski definition) is 2. The summed E-state index contributed by atoms with van der Waals surface area (Å²) in [5.41, 5.74) is 1.08. The lowest BCUT2D eigenvalue weighted by molar-refractivity contribution is 0.276. The van der Waals surface area contributed by atoms with Gasteiger partial charge in [-0.05, 0) is 12.1 Å². The summed E-state index contributed by atoms with van der Waals surface area (Å²) in [6.45, 7) is -0.104. The van der Waals surface area contributed by atoms with Crippen molar-refractivity contribution in [1.82, 2.24) is 4.98 Å². The highest BCUT2D eigenvalue weighted by Crippen LogP contribution is 1.96. The number of hydrogen-bond acceptors (Lipinski definition) is 4. The molecule has 0 bridgehead atoms. The molecule has 1 aromatic rings. The zero-order valence-electron chi connectivity index (χ0n) is 5.81. The fraction of sp³-hybridized carbons (Fsp3) is 0.143. The van der Waals surface area contributed by atoms with E-state index < -0.39 is 0 Å². The smallest absolute Gasteiger partial charge is 0.0918 e. The van der Waals surface area contributed by atoms with Gasteiger partial charge >= 0.3 is 0 Å². The molecule has 0 aliphatic rings. The molecular formula is C7H8N2O2. The fourth-order valence-corrected chi connectivity index (χ4v) is 0.717. The second kappa shape index (κ2) is 3.68. The van der Waals surface area contributed by atoms with Crippen LogP contribution in [0.2, 0.25) is 0 Å². The van der Waals surface area contributed by atoms with E-state index in [-0.39, 0.29) is 6.61 Å². The summed E-state index contributed by atoms with van der Waals surface area (Å²) in [4.78, 5) is 3.92. The van der Waals surface area contributed by atoms with E-state index in [9.17, 15) is 0 Å². The minimum atomic E-state index is -0.104. The molecule has 58 valence electrons. The molecule has 0 aromatic carbocycles. The highest BCUT2D eigenvalue weighted by atomic mass is 16.4. The molecule has 0 radical (unpaired) electrons. The lowest BCUT2D eigenvalue weighted by Crippen LogP contribution is -1.93. The van der Waals surface area contributed by atoms with E-state index in [4.69, 9.17) is 10.3 Å². The Morgan fingerprint density at radius 3 is 3.00 bits per heavy atom. The van der Waals surface area contributed by atoms with Crippen molar-refractivity contribution in [2.45, 2.75) is 6.61 Å². The first kappa shape index (κ1) is 7.68. The van der Waals surface area contributed by atoms with E-state index >= 15 is 0 Å². The molecule has 0 spiro atoms. The van der Waals surface area contributed by atoms with Gasteiger partial charge in [-0.3, -0.25) is 0 Å². The molecule has 11 heavy (non-hydrogen) atoms. The summed E-state index contributed by atoms with van der Waals surface area (Å²) in [6.07, 6.45) is 1.21. The van der Waals surface area contributed by atoms with Crippen LogP contribution in [0.4, 0.5) is 0 Å². The Kier molecular flexibility index (Phi) is 2.57. The molecule has 0 atom stereocenters. The second-order valence-electron chi connectivity index (χ2n) is 1.96. The molecule has 4 nitrogen and oxygen atoms in total. The second-order valence-corrected chi connectivity index (χ2v) is 1.96. The Bertz CT molecular complexity index is 260. The normalized spacial score (nSPS) is 10.6. The van der Waals surface area contributed by atoms with E-state index in [2.05, 4.69) is 10.1 Å². The van der Waals surface area contributed by atoms with Gasteiger partial charge in [-0.25, -0.2) is 4.98 Å². The molecule has 1 heterocycles. The Balaban J connectivity index is 2.91. The van der Waals surface area contributed by atoms with E-state index in [1.165, 1.54) is 6.21 Å². The van der Waals surface area contributed by atoms with Gasteiger partial charge in [-0.15, -0.1) is 0 Å². The van der Waals surface area contributed by atoms with Crippen LogP contribution in [-0.2, 0) is 6.61 Å². The predicted molar refractivity (Wildman–Crippen MR) is 39.5 cm³/mol. The van der Waals surface area contributed by atoms with E-state index in [0.29, 0.717) is 11.4 Å². The minimum absolute atomic E-state index is 0.104. The van der Waals surface area contributed by atoms with Gasteiger partial charge in [0.2, 0.25) is 0 Å². The van der Waals surface area contributed by atoms with Crippen LogP contribution < -0.4 is 0 Å². The van der Waals surface area contributed by atoms with E-state index in [1.807, 2.05) is 0 Å². The summed E-state index contributed by atoms with van der Waals surface area (Å²) in [5.74, 6) is 0. The molecule has 1 aromatic heterocycles. The highest BCUT2D eigenvalue weighted by Gasteiger charge is 1.92. The van der Waals surface area contributed by atoms with Crippen molar-refractivity contribution >= 4 is 6.21 Å². The van der Waals surface area contributed by atoms with Crippen molar-refractivity contribution in [3.05, 3.63) is 29.6 Å². The average Bonchev–Trinajstić information content (AvgIpc) is 2.06. The summed E-state index contributed by atoms with van der Waals surface area (Å²) in [7, 11) is 0. The largest absolute Gasteiger partial charge is 0.411 e. The van der Waals surface area contributed by atoms with Crippen LogP contribution in [-0.4, -0.2) is 21.5 Å².